The first-order chi connectivity index (χ1) is 6.81. The van der Waals surface area contributed by atoms with Crippen LogP contribution in [0.4, 0.5) is 4.39 Å². The molecule has 1 aromatic carbocycles. The molecule has 0 atom stereocenters. The van der Waals surface area contributed by atoms with E-state index in [9.17, 15) is 4.39 Å². The van der Waals surface area contributed by atoms with Crippen molar-refractivity contribution in [2.24, 2.45) is 0 Å². The fourth-order valence-corrected chi connectivity index (χ4v) is 1.33. The largest absolute Gasteiger partial charge is 0.256 e. The van der Waals surface area contributed by atoms with Gasteiger partial charge in [0.1, 0.15) is 5.82 Å². The highest BCUT2D eigenvalue weighted by Gasteiger charge is 2.01. The fraction of sp³-hybridized carbons (Fsp3) is 0. The number of nitrogens with zero attached hydrogens (tertiary/aromatic N) is 1. The predicted molar refractivity (Wildman–Crippen MR) is 55.3 cm³/mol. The van der Waals surface area contributed by atoms with Crippen LogP contribution in [0.3, 0.4) is 0 Å². The highest BCUT2D eigenvalue weighted by molar-refractivity contribution is 5.81. The normalized spacial score (nSPS) is 9.79. The quantitative estimate of drug-likeness (QED) is 0.622. The van der Waals surface area contributed by atoms with Crippen molar-refractivity contribution in [1.82, 2.24) is 4.98 Å². The van der Waals surface area contributed by atoms with Crippen LogP contribution < -0.4 is 0 Å². The molecule has 1 nitrogen and oxygen atoms in total. The summed E-state index contributed by atoms with van der Waals surface area (Å²) in [4.78, 5) is 4.05. The zero-order chi connectivity index (χ0) is 9.97. The van der Waals surface area contributed by atoms with Crippen molar-refractivity contribution >= 4 is 17.0 Å². The molecule has 0 bridgehead atoms. The molecule has 68 valence electrons. The molecular formula is C12H8FN. The van der Waals surface area contributed by atoms with E-state index in [2.05, 4.69) is 17.3 Å². The van der Waals surface area contributed by atoms with Gasteiger partial charge in [0.05, 0.1) is 5.52 Å². The van der Waals surface area contributed by atoms with Gasteiger partial charge < -0.3 is 0 Å². The first-order valence-corrected chi connectivity index (χ1v) is 4.21. The lowest BCUT2D eigenvalue weighted by molar-refractivity contribution is 0.626. The summed E-state index contributed by atoms with van der Waals surface area (Å²) in [6, 6.07) is 6.86. The molecule has 2 heteroatoms. The summed E-state index contributed by atoms with van der Waals surface area (Å²) in [5.74, 6) is -0.299. The zero-order valence-corrected chi connectivity index (χ0v) is 7.50. The molecule has 2 rings (SSSR count). The number of hydrogen-bond donors (Lipinski definition) is 0. The summed E-state index contributed by atoms with van der Waals surface area (Å²) in [6.45, 7) is 3.41. The Balaban J connectivity index is 2.76. The Morgan fingerprint density at radius 2 is 2.29 bits per heavy atom. The van der Waals surface area contributed by atoms with Crippen LogP contribution in [0.1, 0.15) is 5.56 Å². The topological polar surface area (TPSA) is 12.9 Å². The van der Waals surface area contributed by atoms with Gasteiger partial charge in [-0.25, -0.2) is 4.39 Å². The second-order valence-corrected chi connectivity index (χ2v) is 2.92. The van der Waals surface area contributed by atoms with Gasteiger partial charge in [-0.05, 0) is 18.2 Å². The summed E-state index contributed by atoms with van der Waals surface area (Å²) in [5, 5.41) is 0.912. The van der Waals surface area contributed by atoms with Gasteiger partial charge in [-0.3, -0.25) is 4.98 Å². The van der Waals surface area contributed by atoms with E-state index in [1.165, 1.54) is 12.1 Å². The van der Waals surface area contributed by atoms with E-state index in [1.54, 1.807) is 12.3 Å². The molecule has 0 spiro atoms. The Morgan fingerprint density at radius 3 is 3.07 bits per heavy atom. The lowest BCUT2D eigenvalue weighted by atomic mass is 10.1. The van der Waals surface area contributed by atoms with E-state index in [1.807, 2.05) is 12.1 Å². The van der Waals surface area contributed by atoms with E-state index < -0.39 is 0 Å². The van der Waals surface area contributed by atoms with Gasteiger partial charge >= 0.3 is 0 Å². The number of benzene rings is 1. The van der Waals surface area contributed by atoms with E-state index in [-0.39, 0.29) is 5.82 Å². The molecule has 0 N–H and O–H groups in total. The van der Waals surface area contributed by atoms with Gasteiger partial charge in [-0.2, -0.15) is 0 Å². The van der Waals surface area contributed by atoms with Gasteiger partial charge in [0.15, 0.2) is 0 Å². The molecule has 14 heavy (non-hydrogen) atoms. The average molecular weight is 185 g/mol. The monoisotopic (exact) mass is 185 g/mol. The molecule has 0 aliphatic heterocycles. The van der Waals surface area contributed by atoms with Crippen molar-refractivity contribution < 1.29 is 4.39 Å². The van der Waals surface area contributed by atoms with E-state index in [0.717, 1.165) is 5.39 Å². The Morgan fingerprint density at radius 1 is 1.43 bits per heavy atom. The molecule has 0 radical (unpaired) electrons. The third-order valence-corrected chi connectivity index (χ3v) is 1.98. The van der Waals surface area contributed by atoms with Gasteiger partial charge in [0.2, 0.25) is 0 Å². The number of fused-ring (bicyclic) bond motifs is 1. The minimum atomic E-state index is -0.299. The minimum absolute atomic E-state index is 0.299. The van der Waals surface area contributed by atoms with Crippen molar-refractivity contribution in [2.75, 3.05) is 0 Å². The third-order valence-electron chi connectivity index (χ3n) is 1.98. The Kier molecular flexibility index (Phi) is 2.13. The van der Waals surface area contributed by atoms with Gasteiger partial charge in [0.25, 0.3) is 0 Å². The van der Waals surface area contributed by atoms with Crippen LogP contribution in [-0.2, 0) is 0 Å². The fourth-order valence-electron chi connectivity index (χ4n) is 1.33. The van der Waals surface area contributed by atoms with E-state index in [0.29, 0.717) is 11.1 Å². The number of halogens is 1. The number of aromatic nitrogens is 1. The van der Waals surface area contributed by atoms with Crippen molar-refractivity contribution in [2.45, 2.75) is 0 Å². The highest BCUT2D eigenvalue weighted by atomic mass is 19.1. The number of rotatable bonds is 1. The summed E-state index contributed by atoms with van der Waals surface area (Å²) in [7, 11) is 0. The minimum Gasteiger partial charge on any atom is -0.256 e. The molecule has 0 saturated carbocycles. The standard InChI is InChI=1S/C12H8FN/c1-2-4-9-7-10-5-3-6-14-12(10)8-11(9)13/h3-8H,1H2. The van der Waals surface area contributed by atoms with Crippen molar-refractivity contribution in [3.05, 3.63) is 54.2 Å². The summed E-state index contributed by atoms with van der Waals surface area (Å²) in [5.41, 5.74) is 3.70. The van der Waals surface area contributed by atoms with E-state index in [4.69, 9.17) is 0 Å². The molecular weight excluding hydrogens is 177 g/mol. The molecule has 1 heterocycles. The van der Waals surface area contributed by atoms with Gasteiger partial charge in [0, 0.05) is 23.2 Å². The number of hydrogen-bond acceptors (Lipinski definition) is 1. The maximum Gasteiger partial charge on any atom is 0.133 e. The molecule has 0 unspecified atom stereocenters. The first kappa shape index (κ1) is 8.67. The van der Waals surface area contributed by atoms with Crippen LogP contribution >= 0.6 is 0 Å². The molecule has 0 fully saturated rings. The third kappa shape index (κ3) is 1.43. The summed E-state index contributed by atoms with van der Waals surface area (Å²) >= 11 is 0. The highest BCUT2D eigenvalue weighted by Crippen LogP contribution is 2.17. The maximum atomic E-state index is 13.4. The first-order valence-electron chi connectivity index (χ1n) is 4.21. The van der Waals surface area contributed by atoms with Gasteiger partial charge in [-0.1, -0.05) is 12.6 Å². The maximum absolute atomic E-state index is 13.4. The predicted octanol–water partition coefficient (Wildman–Crippen LogP) is 3.17. The summed E-state index contributed by atoms with van der Waals surface area (Å²) in [6.07, 6.45) is 3.16. The van der Waals surface area contributed by atoms with Crippen LogP contribution in [0, 0.1) is 5.82 Å². The molecule has 0 aliphatic carbocycles. The Bertz CT molecular complexity index is 525. The lowest BCUT2D eigenvalue weighted by Crippen LogP contribution is -1.84. The van der Waals surface area contributed by atoms with Crippen LogP contribution in [0.25, 0.3) is 17.0 Å². The average Bonchev–Trinajstić information content (AvgIpc) is 2.19. The summed E-state index contributed by atoms with van der Waals surface area (Å²) < 4.78 is 13.4. The molecule has 0 saturated heterocycles. The van der Waals surface area contributed by atoms with Crippen molar-refractivity contribution in [3.63, 3.8) is 0 Å². The Hall–Kier alpha value is -1.92. The Labute approximate surface area is 81.2 Å². The second kappa shape index (κ2) is 3.44. The lowest BCUT2D eigenvalue weighted by Gasteiger charge is -1.99. The van der Waals surface area contributed by atoms with Crippen LogP contribution in [-0.4, -0.2) is 4.98 Å². The van der Waals surface area contributed by atoms with E-state index >= 15 is 0 Å². The SMILES string of the molecule is C=C=Cc1cc2cccnc2cc1F. The van der Waals surface area contributed by atoms with Gasteiger partial charge in [-0.15, -0.1) is 5.73 Å². The van der Waals surface area contributed by atoms with Crippen LogP contribution in [0.15, 0.2) is 42.8 Å². The van der Waals surface area contributed by atoms with Crippen LogP contribution in [0.5, 0.6) is 0 Å². The zero-order valence-electron chi connectivity index (χ0n) is 7.50. The molecule has 0 amide bonds. The second-order valence-electron chi connectivity index (χ2n) is 2.92. The van der Waals surface area contributed by atoms with Crippen molar-refractivity contribution in [1.29, 1.82) is 0 Å². The van der Waals surface area contributed by atoms with Crippen LogP contribution in [0.2, 0.25) is 0 Å². The van der Waals surface area contributed by atoms with Crippen molar-refractivity contribution in [3.8, 4) is 0 Å². The smallest absolute Gasteiger partial charge is 0.133 e. The molecule has 1 aromatic heterocycles. The molecule has 0 aliphatic rings. The number of pyridine rings is 1. The molecule has 2 aromatic rings.